The van der Waals surface area contributed by atoms with Crippen LogP contribution < -0.4 is 0 Å². The van der Waals surface area contributed by atoms with Crippen LogP contribution in [0.1, 0.15) is 17.3 Å². The number of ketones is 1. The lowest BCUT2D eigenvalue weighted by molar-refractivity contribution is -0.139. The summed E-state index contributed by atoms with van der Waals surface area (Å²) in [4.78, 5) is 21.6. The molecule has 86 valence electrons. The summed E-state index contributed by atoms with van der Waals surface area (Å²) in [5.74, 6) is -6.09. The highest BCUT2D eigenvalue weighted by molar-refractivity contribution is 5.97. The molecule has 0 unspecified atom stereocenters. The van der Waals surface area contributed by atoms with E-state index in [4.69, 9.17) is 0 Å². The Labute approximate surface area is 88.8 Å². The van der Waals surface area contributed by atoms with Gasteiger partial charge in [-0.2, -0.15) is 0 Å². The Morgan fingerprint density at radius 3 is 2.12 bits per heavy atom. The third kappa shape index (κ3) is 2.82. The van der Waals surface area contributed by atoms with Gasteiger partial charge in [0.25, 0.3) is 0 Å². The van der Waals surface area contributed by atoms with Gasteiger partial charge < -0.3 is 4.74 Å². The van der Waals surface area contributed by atoms with E-state index in [0.717, 1.165) is 6.92 Å². The van der Waals surface area contributed by atoms with E-state index in [1.165, 1.54) is 0 Å². The fraction of sp³-hybridized carbons (Fsp3) is 0.200. The molecule has 1 rings (SSSR count). The van der Waals surface area contributed by atoms with Gasteiger partial charge in [-0.1, -0.05) is 0 Å². The molecule has 0 N–H and O–H groups in total. The van der Waals surface area contributed by atoms with Gasteiger partial charge >= 0.3 is 5.97 Å². The Morgan fingerprint density at radius 1 is 1.19 bits per heavy atom. The SMILES string of the molecule is CC(=O)OCC(=O)c1cc(F)c(F)c(F)c1. The first-order valence-electron chi connectivity index (χ1n) is 4.23. The zero-order valence-corrected chi connectivity index (χ0v) is 8.22. The summed E-state index contributed by atoms with van der Waals surface area (Å²) in [5, 5.41) is 0. The fourth-order valence-electron chi connectivity index (χ4n) is 0.967. The molecule has 16 heavy (non-hydrogen) atoms. The van der Waals surface area contributed by atoms with Gasteiger partial charge in [0.1, 0.15) is 0 Å². The molecule has 0 saturated heterocycles. The minimum atomic E-state index is -1.65. The minimum absolute atomic E-state index is 0.391. The standard InChI is InChI=1S/C10H7F3O3/c1-5(14)16-4-9(15)6-2-7(11)10(13)8(12)3-6/h2-3H,4H2,1H3. The second kappa shape index (κ2) is 4.78. The molecule has 0 aliphatic carbocycles. The zero-order chi connectivity index (χ0) is 12.3. The average molecular weight is 232 g/mol. The molecule has 0 fully saturated rings. The van der Waals surface area contributed by atoms with E-state index in [9.17, 15) is 22.8 Å². The van der Waals surface area contributed by atoms with Gasteiger partial charge in [-0.05, 0) is 12.1 Å². The van der Waals surface area contributed by atoms with Crippen LogP contribution in [0.15, 0.2) is 12.1 Å². The van der Waals surface area contributed by atoms with Crippen molar-refractivity contribution in [2.24, 2.45) is 0 Å². The van der Waals surface area contributed by atoms with Crippen LogP contribution in [0.25, 0.3) is 0 Å². The van der Waals surface area contributed by atoms with Crippen LogP contribution in [0.3, 0.4) is 0 Å². The summed E-state index contributed by atoms with van der Waals surface area (Å²) >= 11 is 0. The molecule has 0 amide bonds. The summed E-state index contributed by atoms with van der Waals surface area (Å²) in [7, 11) is 0. The molecular formula is C10H7F3O3. The Kier molecular flexibility index (Phi) is 3.65. The van der Waals surface area contributed by atoms with E-state index in [1.54, 1.807) is 0 Å². The van der Waals surface area contributed by atoms with Gasteiger partial charge in [-0.25, -0.2) is 13.2 Å². The molecule has 0 aliphatic rings. The molecule has 0 bridgehead atoms. The van der Waals surface area contributed by atoms with Gasteiger partial charge in [0, 0.05) is 12.5 Å². The lowest BCUT2D eigenvalue weighted by Gasteiger charge is -2.03. The molecular weight excluding hydrogens is 225 g/mol. The fourth-order valence-corrected chi connectivity index (χ4v) is 0.967. The number of hydrogen-bond acceptors (Lipinski definition) is 3. The van der Waals surface area contributed by atoms with E-state index in [1.807, 2.05) is 0 Å². The van der Waals surface area contributed by atoms with Crippen molar-refractivity contribution in [3.63, 3.8) is 0 Å². The second-order valence-electron chi connectivity index (χ2n) is 2.96. The molecule has 0 aliphatic heterocycles. The van der Waals surface area contributed by atoms with Crippen LogP contribution in [0, 0.1) is 17.5 Å². The molecule has 0 atom stereocenters. The van der Waals surface area contributed by atoms with Crippen LogP contribution >= 0.6 is 0 Å². The molecule has 0 saturated carbocycles. The number of carbonyl (C=O) groups excluding carboxylic acids is 2. The average Bonchev–Trinajstić information content (AvgIpc) is 2.21. The topological polar surface area (TPSA) is 43.4 Å². The molecule has 1 aromatic rings. The van der Waals surface area contributed by atoms with E-state index in [-0.39, 0.29) is 0 Å². The van der Waals surface area contributed by atoms with Crippen molar-refractivity contribution in [1.29, 1.82) is 0 Å². The minimum Gasteiger partial charge on any atom is -0.457 e. The van der Waals surface area contributed by atoms with Crippen molar-refractivity contribution in [2.75, 3.05) is 6.61 Å². The van der Waals surface area contributed by atoms with Crippen molar-refractivity contribution >= 4 is 11.8 Å². The maximum atomic E-state index is 12.7. The van der Waals surface area contributed by atoms with Crippen molar-refractivity contribution in [3.8, 4) is 0 Å². The van der Waals surface area contributed by atoms with Gasteiger partial charge in [-0.3, -0.25) is 9.59 Å². The highest BCUT2D eigenvalue weighted by atomic mass is 19.2. The van der Waals surface area contributed by atoms with Gasteiger partial charge in [-0.15, -0.1) is 0 Å². The number of ether oxygens (including phenoxy) is 1. The number of Topliss-reactive ketones (excluding diaryl/α,β-unsaturated/α-hetero) is 1. The van der Waals surface area contributed by atoms with Crippen molar-refractivity contribution < 1.29 is 27.5 Å². The van der Waals surface area contributed by atoms with Gasteiger partial charge in [0.15, 0.2) is 24.1 Å². The maximum absolute atomic E-state index is 12.7. The second-order valence-corrected chi connectivity index (χ2v) is 2.96. The third-order valence-electron chi connectivity index (χ3n) is 1.71. The Hall–Kier alpha value is -1.85. The number of halogens is 3. The number of esters is 1. The van der Waals surface area contributed by atoms with Crippen LogP contribution in [0.2, 0.25) is 0 Å². The Balaban J connectivity index is 2.88. The van der Waals surface area contributed by atoms with E-state index in [0.29, 0.717) is 12.1 Å². The smallest absolute Gasteiger partial charge is 0.303 e. The molecule has 3 nitrogen and oxygen atoms in total. The number of benzene rings is 1. The molecule has 0 radical (unpaired) electrons. The first-order valence-corrected chi connectivity index (χ1v) is 4.23. The third-order valence-corrected chi connectivity index (χ3v) is 1.71. The monoisotopic (exact) mass is 232 g/mol. The largest absolute Gasteiger partial charge is 0.457 e. The summed E-state index contributed by atoms with van der Waals surface area (Å²) in [6.07, 6.45) is 0. The lowest BCUT2D eigenvalue weighted by atomic mass is 10.1. The van der Waals surface area contributed by atoms with Gasteiger partial charge in [0.05, 0.1) is 0 Å². The predicted octanol–water partition coefficient (Wildman–Crippen LogP) is 1.85. The maximum Gasteiger partial charge on any atom is 0.303 e. The summed E-state index contributed by atoms with van der Waals surface area (Å²) in [5.41, 5.74) is -0.391. The summed E-state index contributed by atoms with van der Waals surface area (Å²) in [6, 6.07) is 1.09. The summed E-state index contributed by atoms with van der Waals surface area (Å²) in [6.45, 7) is 0.443. The van der Waals surface area contributed by atoms with Crippen LogP contribution in [-0.2, 0) is 9.53 Å². The number of carbonyl (C=O) groups is 2. The van der Waals surface area contributed by atoms with Crippen LogP contribution in [-0.4, -0.2) is 18.4 Å². The van der Waals surface area contributed by atoms with Crippen LogP contribution in [0.4, 0.5) is 13.2 Å². The van der Waals surface area contributed by atoms with E-state index < -0.39 is 41.4 Å². The van der Waals surface area contributed by atoms with Crippen molar-refractivity contribution in [1.82, 2.24) is 0 Å². The predicted molar refractivity (Wildman–Crippen MR) is 47.3 cm³/mol. The normalized spacial score (nSPS) is 10.0. The van der Waals surface area contributed by atoms with E-state index in [2.05, 4.69) is 4.74 Å². The molecule has 1 aromatic carbocycles. The quantitative estimate of drug-likeness (QED) is 0.453. The highest BCUT2D eigenvalue weighted by Gasteiger charge is 2.15. The molecule has 0 spiro atoms. The number of rotatable bonds is 3. The first-order chi connectivity index (χ1) is 7.41. The number of hydrogen-bond donors (Lipinski definition) is 0. The highest BCUT2D eigenvalue weighted by Crippen LogP contribution is 2.14. The molecule has 0 aromatic heterocycles. The Bertz CT molecular complexity index is 420. The van der Waals surface area contributed by atoms with Crippen molar-refractivity contribution in [3.05, 3.63) is 35.1 Å². The van der Waals surface area contributed by atoms with E-state index >= 15 is 0 Å². The van der Waals surface area contributed by atoms with Gasteiger partial charge in [0.2, 0.25) is 5.78 Å². The zero-order valence-electron chi connectivity index (χ0n) is 8.22. The summed E-state index contributed by atoms with van der Waals surface area (Å²) < 4.78 is 42.3. The van der Waals surface area contributed by atoms with Crippen molar-refractivity contribution in [2.45, 2.75) is 6.92 Å². The molecule has 6 heteroatoms. The molecule has 0 heterocycles. The lowest BCUT2D eigenvalue weighted by Crippen LogP contribution is -2.13. The Morgan fingerprint density at radius 2 is 1.69 bits per heavy atom. The van der Waals surface area contributed by atoms with Crippen LogP contribution in [0.5, 0.6) is 0 Å². The first kappa shape index (κ1) is 12.2.